The second-order valence-corrected chi connectivity index (χ2v) is 9.47. The van der Waals surface area contributed by atoms with Gasteiger partial charge in [0.25, 0.3) is 5.91 Å². The molecule has 0 saturated carbocycles. The van der Waals surface area contributed by atoms with Crippen molar-refractivity contribution in [2.75, 3.05) is 27.7 Å². The summed E-state index contributed by atoms with van der Waals surface area (Å²) >= 11 is 0. The SMILES string of the molecule is CNC(=O)c1ccc(-c2ccc3c(c2)nc(CCN(C)C)n3-c2ccc3c(c2)n(C)c(=O)n3C)cc1F. The number of aryl methyl sites for hydroxylation is 2. The molecule has 190 valence electrons. The summed E-state index contributed by atoms with van der Waals surface area (Å²) in [6.07, 6.45) is 0.720. The van der Waals surface area contributed by atoms with Crippen LogP contribution in [0.25, 0.3) is 38.9 Å². The van der Waals surface area contributed by atoms with E-state index in [0.29, 0.717) is 5.56 Å². The summed E-state index contributed by atoms with van der Waals surface area (Å²) in [7, 11) is 9.06. The number of benzene rings is 3. The predicted octanol–water partition coefficient (Wildman–Crippen LogP) is 3.49. The summed E-state index contributed by atoms with van der Waals surface area (Å²) in [6.45, 7) is 0.814. The number of aromatic nitrogens is 4. The molecule has 0 fully saturated rings. The molecule has 0 aliphatic rings. The van der Waals surface area contributed by atoms with Crippen LogP contribution in [0.15, 0.2) is 59.4 Å². The number of likely N-dealkylation sites (N-methyl/N-ethyl adjacent to an activating group) is 1. The first-order valence-electron chi connectivity index (χ1n) is 12.0. The predicted molar refractivity (Wildman–Crippen MR) is 144 cm³/mol. The maximum Gasteiger partial charge on any atom is 0.328 e. The number of hydrogen-bond donors (Lipinski definition) is 1. The van der Waals surface area contributed by atoms with Crippen LogP contribution in [0.4, 0.5) is 4.39 Å². The molecule has 0 bridgehead atoms. The fraction of sp³-hybridized carbons (Fsp3) is 0.250. The summed E-state index contributed by atoms with van der Waals surface area (Å²) in [5.74, 6) is -0.144. The molecular formula is C28H29FN6O2. The first-order chi connectivity index (χ1) is 17.7. The second-order valence-electron chi connectivity index (χ2n) is 9.47. The van der Waals surface area contributed by atoms with Gasteiger partial charge in [-0.05, 0) is 67.7 Å². The number of imidazole rings is 2. The van der Waals surface area contributed by atoms with Crippen molar-refractivity contribution in [1.29, 1.82) is 0 Å². The van der Waals surface area contributed by atoms with E-state index < -0.39 is 11.7 Å². The Hall–Kier alpha value is -4.24. The fourth-order valence-corrected chi connectivity index (χ4v) is 4.74. The van der Waals surface area contributed by atoms with Gasteiger partial charge in [0.1, 0.15) is 11.6 Å². The molecule has 0 atom stereocenters. The van der Waals surface area contributed by atoms with Gasteiger partial charge in [0.15, 0.2) is 0 Å². The summed E-state index contributed by atoms with van der Waals surface area (Å²) in [6, 6.07) is 16.4. The van der Waals surface area contributed by atoms with E-state index in [-0.39, 0.29) is 11.3 Å². The molecule has 0 radical (unpaired) electrons. The van der Waals surface area contributed by atoms with E-state index in [0.717, 1.165) is 52.1 Å². The molecule has 9 heteroatoms. The Morgan fingerprint density at radius 2 is 1.62 bits per heavy atom. The molecule has 2 aromatic heterocycles. The van der Waals surface area contributed by atoms with Gasteiger partial charge in [0.05, 0.1) is 27.6 Å². The molecule has 0 spiro atoms. The van der Waals surface area contributed by atoms with Crippen LogP contribution in [0.1, 0.15) is 16.2 Å². The summed E-state index contributed by atoms with van der Waals surface area (Å²) in [5.41, 5.74) is 5.72. The second kappa shape index (κ2) is 9.33. The van der Waals surface area contributed by atoms with E-state index >= 15 is 0 Å². The number of hydrogen-bond acceptors (Lipinski definition) is 4. The molecule has 37 heavy (non-hydrogen) atoms. The largest absolute Gasteiger partial charge is 0.355 e. The van der Waals surface area contributed by atoms with Crippen molar-refractivity contribution in [2.24, 2.45) is 14.1 Å². The normalized spacial score (nSPS) is 11.6. The molecule has 1 amide bonds. The fourth-order valence-electron chi connectivity index (χ4n) is 4.74. The molecule has 5 rings (SSSR count). The van der Waals surface area contributed by atoms with E-state index in [1.807, 2.05) is 50.5 Å². The maximum absolute atomic E-state index is 14.6. The van der Waals surface area contributed by atoms with Crippen LogP contribution in [-0.4, -0.2) is 57.2 Å². The van der Waals surface area contributed by atoms with Gasteiger partial charge in [-0.1, -0.05) is 12.1 Å². The van der Waals surface area contributed by atoms with Crippen molar-refractivity contribution in [2.45, 2.75) is 6.42 Å². The van der Waals surface area contributed by atoms with Gasteiger partial charge in [-0.3, -0.25) is 18.5 Å². The molecule has 5 aromatic rings. The summed E-state index contributed by atoms with van der Waals surface area (Å²) in [4.78, 5) is 31.4. The molecule has 3 aromatic carbocycles. The van der Waals surface area contributed by atoms with Crippen LogP contribution in [0.3, 0.4) is 0 Å². The number of carbonyl (C=O) groups excluding carboxylic acids is 1. The number of rotatable bonds is 6. The number of nitrogens with one attached hydrogen (secondary N) is 1. The lowest BCUT2D eigenvalue weighted by Gasteiger charge is -2.13. The Labute approximate surface area is 213 Å². The molecule has 0 unspecified atom stereocenters. The Morgan fingerprint density at radius 1 is 0.946 bits per heavy atom. The van der Waals surface area contributed by atoms with Gasteiger partial charge < -0.3 is 10.2 Å². The smallest absolute Gasteiger partial charge is 0.328 e. The van der Waals surface area contributed by atoms with Crippen LogP contribution in [-0.2, 0) is 20.5 Å². The van der Waals surface area contributed by atoms with Crippen molar-refractivity contribution in [1.82, 2.24) is 28.9 Å². The van der Waals surface area contributed by atoms with Crippen LogP contribution in [0.2, 0.25) is 0 Å². The lowest BCUT2D eigenvalue weighted by atomic mass is 10.0. The van der Waals surface area contributed by atoms with Gasteiger partial charge in [0, 0.05) is 39.8 Å². The summed E-state index contributed by atoms with van der Waals surface area (Å²) in [5, 5.41) is 2.45. The standard InChI is InChI=1S/C28H29FN6O2/c1-30-27(36)20-9-6-17(14-21(20)29)18-7-10-23-22(15-18)31-26(12-13-32(2)3)35(23)19-8-11-24-25(16-19)34(5)28(37)33(24)4/h6-11,14-16H,12-13H2,1-5H3,(H,30,36). The molecule has 0 aliphatic carbocycles. The van der Waals surface area contributed by atoms with Crippen molar-refractivity contribution in [3.05, 3.63) is 82.3 Å². The molecule has 1 N–H and O–H groups in total. The zero-order valence-electron chi connectivity index (χ0n) is 21.5. The van der Waals surface area contributed by atoms with Gasteiger partial charge in [0.2, 0.25) is 0 Å². The highest BCUT2D eigenvalue weighted by molar-refractivity contribution is 5.95. The number of nitrogens with zero attached hydrogens (tertiary/aromatic N) is 5. The van der Waals surface area contributed by atoms with E-state index in [1.165, 1.54) is 19.2 Å². The number of amides is 1. The first kappa shape index (κ1) is 24.5. The minimum atomic E-state index is -0.573. The minimum absolute atomic E-state index is 0.00767. The third-order valence-corrected chi connectivity index (χ3v) is 6.79. The van der Waals surface area contributed by atoms with Crippen molar-refractivity contribution in [3.63, 3.8) is 0 Å². The Morgan fingerprint density at radius 3 is 2.32 bits per heavy atom. The van der Waals surface area contributed by atoms with E-state index in [9.17, 15) is 14.0 Å². The highest BCUT2D eigenvalue weighted by Gasteiger charge is 2.17. The van der Waals surface area contributed by atoms with Crippen LogP contribution >= 0.6 is 0 Å². The zero-order valence-corrected chi connectivity index (χ0v) is 21.5. The molecular weight excluding hydrogens is 471 g/mol. The zero-order chi connectivity index (χ0) is 26.4. The van der Waals surface area contributed by atoms with Crippen molar-refractivity contribution < 1.29 is 9.18 Å². The first-order valence-corrected chi connectivity index (χ1v) is 12.0. The van der Waals surface area contributed by atoms with Gasteiger partial charge in [-0.15, -0.1) is 0 Å². The van der Waals surface area contributed by atoms with Gasteiger partial charge >= 0.3 is 5.69 Å². The molecule has 0 saturated heterocycles. The Kier molecular flexibility index (Phi) is 6.16. The van der Waals surface area contributed by atoms with E-state index in [4.69, 9.17) is 4.98 Å². The number of carbonyl (C=O) groups is 1. The molecule has 8 nitrogen and oxygen atoms in total. The number of halogens is 1. The summed E-state index contributed by atoms with van der Waals surface area (Å²) < 4.78 is 20.0. The minimum Gasteiger partial charge on any atom is -0.355 e. The van der Waals surface area contributed by atoms with Crippen LogP contribution in [0, 0.1) is 5.82 Å². The molecule has 2 heterocycles. The lowest BCUT2D eigenvalue weighted by molar-refractivity contribution is 0.0959. The highest BCUT2D eigenvalue weighted by atomic mass is 19.1. The quantitative estimate of drug-likeness (QED) is 0.387. The van der Waals surface area contributed by atoms with E-state index in [2.05, 4.69) is 14.8 Å². The molecule has 0 aliphatic heterocycles. The maximum atomic E-state index is 14.6. The Bertz CT molecular complexity index is 1730. The van der Waals surface area contributed by atoms with Crippen molar-refractivity contribution in [3.8, 4) is 16.8 Å². The third-order valence-electron chi connectivity index (χ3n) is 6.79. The average Bonchev–Trinajstić information content (AvgIpc) is 3.36. The number of fused-ring (bicyclic) bond motifs is 2. The van der Waals surface area contributed by atoms with Crippen LogP contribution in [0.5, 0.6) is 0 Å². The lowest BCUT2D eigenvalue weighted by Crippen LogP contribution is -2.19. The highest BCUT2D eigenvalue weighted by Crippen LogP contribution is 2.29. The third kappa shape index (κ3) is 4.21. The van der Waals surface area contributed by atoms with E-state index in [1.54, 1.807) is 29.3 Å². The van der Waals surface area contributed by atoms with Gasteiger partial charge in [-0.25, -0.2) is 14.2 Å². The average molecular weight is 501 g/mol. The van der Waals surface area contributed by atoms with Crippen LogP contribution < -0.4 is 11.0 Å². The van der Waals surface area contributed by atoms with Crippen molar-refractivity contribution >= 4 is 28.0 Å². The van der Waals surface area contributed by atoms with Gasteiger partial charge in [-0.2, -0.15) is 0 Å². The Balaban J connectivity index is 1.65. The monoisotopic (exact) mass is 500 g/mol. The topological polar surface area (TPSA) is 77.1 Å².